The molecule has 1 fully saturated rings. The second kappa shape index (κ2) is 7.02. The first-order chi connectivity index (χ1) is 9.47. The van der Waals surface area contributed by atoms with E-state index < -0.39 is 10.8 Å². The van der Waals surface area contributed by atoms with Gasteiger partial charge in [0, 0.05) is 29.3 Å². The van der Waals surface area contributed by atoms with Crippen LogP contribution in [-0.4, -0.2) is 46.7 Å². The van der Waals surface area contributed by atoms with Gasteiger partial charge < -0.3 is 10.5 Å². The van der Waals surface area contributed by atoms with Gasteiger partial charge in [0.05, 0.1) is 34.2 Å². The van der Waals surface area contributed by atoms with Gasteiger partial charge in [-0.05, 0) is 48.0 Å². The molecule has 112 valence electrons. The molecule has 0 aromatic heterocycles. The van der Waals surface area contributed by atoms with Crippen molar-refractivity contribution in [3.8, 4) is 0 Å². The molecule has 0 saturated carbocycles. The number of ether oxygens (including phenoxy) is 1. The highest BCUT2D eigenvalue weighted by Crippen LogP contribution is 2.24. The van der Waals surface area contributed by atoms with Crippen LogP contribution < -0.4 is 5.73 Å². The topological polar surface area (TPSA) is 55.6 Å². The molecule has 6 heteroatoms. The molecule has 20 heavy (non-hydrogen) atoms. The molecule has 2 N–H and O–H groups in total. The van der Waals surface area contributed by atoms with Gasteiger partial charge >= 0.3 is 0 Å². The van der Waals surface area contributed by atoms with Crippen LogP contribution in [-0.2, 0) is 15.5 Å². The van der Waals surface area contributed by atoms with Crippen LogP contribution in [0.5, 0.6) is 0 Å². The molecule has 2 atom stereocenters. The molecule has 1 aromatic rings. The Labute approximate surface area is 131 Å². The number of benzene rings is 1. The lowest BCUT2D eigenvalue weighted by molar-refractivity contribution is -0.0268. The van der Waals surface area contributed by atoms with Crippen LogP contribution in [0.2, 0.25) is 0 Å². The van der Waals surface area contributed by atoms with Gasteiger partial charge in [0.2, 0.25) is 0 Å². The molecular weight excluding hydrogens is 340 g/mol. The molecule has 2 rings (SSSR count). The van der Waals surface area contributed by atoms with Gasteiger partial charge in [-0.3, -0.25) is 9.11 Å². The minimum atomic E-state index is -1.08. The van der Waals surface area contributed by atoms with Crippen molar-refractivity contribution in [2.24, 2.45) is 0 Å². The van der Waals surface area contributed by atoms with Crippen LogP contribution in [0.4, 0.5) is 5.69 Å². The highest BCUT2D eigenvalue weighted by atomic mass is 79.9. The zero-order valence-corrected chi connectivity index (χ0v) is 14.2. The largest absolute Gasteiger partial charge is 0.399 e. The predicted octanol–water partition coefficient (Wildman–Crippen LogP) is 2.25. The van der Waals surface area contributed by atoms with Crippen LogP contribution >= 0.6 is 15.9 Å². The molecular formula is C14H21BrN2O2S. The summed E-state index contributed by atoms with van der Waals surface area (Å²) in [5, 5.41) is 0. The van der Waals surface area contributed by atoms with Gasteiger partial charge in [-0.2, -0.15) is 0 Å². The SMILES string of the molecule is CC(C)N1CCOC(CS(=O)c2ccc(N)cc2Br)C1. The third-order valence-electron chi connectivity index (χ3n) is 3.44. The molecule has 2 unspecified atom stereocenters. The number of nitrogens with two attached hydrogens (primary N) is 1. The fourth-order valence-corrected chi connectivity index (χ4v) is 4.43. The Hall–Kier alpha value is -0.430. The third-order valence-corrected chi connectivity index (χ3v) is 5.88. The smallest absolute Gasteiger partial charge is 0.0821 e. The maximum atomic E-state index is 12.5. The highest BCUT2D eigenvalue weighted by Gasteiger charge is 2.24. The first-order valence-electron chi connectivity index (χ1n) is 6.76. The second-order valence-corrected chi connectivity index (χ2v) is 7.60. The summed E-state index contributed by atoms with van der Waals surface area (Å²) in [5.41, 5.74) is 6.37. The van der Waals surface area contributed by atoms with Crippen molar-refractivity contribution in [2.45, 2.75) is 30.9 Å². The Kier molecular flexibility index (Phi) is 5.60. The Morgan fingerprint density at radius 1 is 1.55 bits per heavy atom. The summed E-state index contributed by atoms with van der Waals surface area (Å²) in [6.07, 6.45) is 0.0245. The van der Waals surface area contributed by atoms with E-state index in [-0.39, 0.29) is 6.10 Å². The average Bonchev–Trinajstić information content (AvgIpc) is 2.38. The van der Waals surface area contributed by atoms with Gasteiger partial charge in [0.1, 0.15) is 0 Å². The molecule has 1 aliphatic heterocycles. The van der Waals surface area contributed by atoms with Crippen molar-refractivity contribution in [1.82, 2.24) is 4.90 Å². The Balaban J connectivity index is 2.00. The van der Waals surface area contributed by atoms with Crippen molar-refractivity contribution >= 4 is 32.4 Å². The molecule has 0 bridgehead atoms. The molecule has 1 aliphatic rings. The number of morpholine rings is 1. The number of hydrogen-bond acceptors (Lipinski definition) is 4. The number of anilines is 1. The van der Waals surface area contributed by atoms with E-state index in [9.17, 15) is 4.21 Å². The summed E-state index contributed by atoms with van der Waals surface area (Å²) in [6.45, 7) is 6.86. The van der Waals surface area contributed by atoms with Crippen molar-refractivity contribution in [1.29, 1.82) is 0 Å². The van der Waals surface area contributed by atoms with Gasteiger partial charge in [0.15, 0.2) is 0 Å². The Morgan fingerprint density at radius 3 is 2.95 bits per heavy atom. The van der Waals surface area contributed by atoms with Crippen LogP contribution in [0.3, 0.4) is 0 Å². The summed E-state index contributed by atoms with van der Waals surface area (Å²) in [7, 11) is -1.08. The molecule has 0 aliphatic carbocycles. The summed E-state index contributed by atoms with van der Waals surface area (Å²) >= 11 is 3.42. The monoisotopic (exact) mass is 360 g/mol. The summed E-state index contributed by atoms with van der Waals surface area (Å²) in [4.78, 5) is 3.15. The van der Waals surface area contributed by atoms with E-state index >= 15 is 0 Å². The molecule has 1 saturated heterocycles. The highest BCUT2D eigenvalue weighted by molar-refractivity contribution is 9.10. The molecule has 1 aromatic carbocycles. The fourth-order valence-electron chi connectivity index (χ4n) is 2.27. The number of rotatable bonds is 4. The van der Waals surface area contributed by atoms with E-state index in [1.807, 2.05) is 6.07 Å². The average molecular weight is 361 g/mol. The maximum Gasteiger partial charge on any atom is 0.0821 e. The number of nitrogens with zero attached hydrogens (tertiary/aromatic N) is 1. The lowest BCUT2D eigenvalue weighted by Crippen LogP contribution is -2.47. The first kappa shape index (κ1) is 15.9. The minimum absolute atomic E-state index is 0.0245. The second-order valence-electron chi connectivity index (χ2n) is 5.28. The van der Waals surface area contributed by atoms with Gasteiger partial charge in [-0.25, -0.2) is 0 Å². The number of halogens is 1. The maximum absolute atomic E-state index is 12.5. The molecule has 4 nitrogen and oxygen atoms in total. The molecule has 0 spiro atoms. The van der Waals surface area contributed by atoms with Crippen LogP contribution in [0, 0.1) is 0 Å². The van der Waals surface area contributed by atoms with Gasteiger partial charge in [0.25, 0.3) is 0 Å². The standard InChI is InChI=1S/C14H21BrN2O2S/c1-10(2)17-5-6-19-12(8-17)9-20(18)14-4-3-11(16)7-13(14)15/h3-4,7,10,12H,5-6,8-9,16H2,1-2H3. The quantitative estimate of drug-likeness (QED) is 0.836. The minimum Gasteiger partial charge on any atom is -0.399 e. The van der Waals surface area contributed by atoms with E-state index in [4.69, 9.17) is 10.5 Å². The Bertz CT molecular complexity index is 496. The van der Waals surface area contributed by atoms with E-state index in [0.717, 1.165) is 22.5 Å². The van der Waals surface area contributed by atoms with E-state index in [2.05, 4.69) is 34.7 Å². The van der Waals surface area contributed by atoms with Crippen LogP contribution in [0.25, 0.3) is 0 Å². The summed E-state index contributed by atoms with van der Waals surface area (Å²) < 4.78 is 19.0. The fraction of sp³-hybridized carbons (Fsp3) is 0.571. The predicted molar refractivity (Wildman–Crippen MR) is 86.3 cm³/mol. The lowest BCUT2D eigenvalue weighted by atomic mass is 10.2. The normalized spacial score (nSPS) is 22.1. The molecule has 1 heterocycles. The van der Waals surface area contributed by atoms with Crippen molar-refractivity contribution in [3.63, 3.8) is 0 Å². The molecule has 0 radical (unpaired) electrons. The molecule has 0 amide bonds. The number of hydrogen-bond donors (Lipinski definition) is 1. The van der Waals surface area contributed by atoms with Gasteiger partial charge in [-0.1, -0.05) is 0 Å². The van der Waals surface area contributed by atoms with Crippen molar-refractivity contribution < 1.29 is 8.95 Å². The van der Waals surface area contributed by atoms with Gasteiger partial charge in [-0.15, -0.1) is 0 Å². The van der Waals surface area contributed by atoms with E-state index in [1.54, 1.807) is 12.1 Å². The van der Waals surface area contributed by atoms with Crippen molar-refractivity contribution in [3.05, 3.63) is 22.7 Å². The van der Waals surface area contributed by atoms with Crippen LogP contribution in [0.1, 0.15) is 13.8 Å². The number of nitrogen functional groups attached to an aromatic ring is 1. The summed E-state index contributed by atoms with van der Waals surface area (Å²) in [5.74, 6) is 0.520. The van der Waals surface area contributed by atoms with E-state index in [1.165, 1.54) is 0 Å². The first-order valence-corrected chi connectivity index (χ1v) is 8.87. The zero-order chi connectivity index (χ0) is 14.7. The van der Waals surface area contributed by atoms with Crippen LogP contribution in [0.15, 0.2) is 27.6 Å². The zero-order valence-electron chi connectivity index (χ0n) is 11.8. The Morgan fingerprint density at radius 2 is 2.30 bits per heavy atom. The third kappa shape index (κ3) is 4.04. The van der Waals surface area contributed by atoms with E-state index in [0.29, 0.717) is 24.1 Å². The lowest BCUT2D eigenvalue weighted by Gasteiger charge is -2.35. The summed E-state index contributed by atoms with van der Waals surface area (Å²) in [6, 6.07) is 5.88. The van der Waals surface area contributed by atoms with Crippen molar-refractivity contribution in [2.75, 3.05) is 31.2 Å².